The Hall–Kier alpha value is -2.87. The molecule has 2 aromatic heterocycles. The average Bonchev–Trinajstić information content (AvgIpc) is 2.72. The molecule has 6 nitrogen and oxygen atoms in total. The topological polar surface area (TPSA) is 77.0 Å². The summed E-state index contributed by atoms with van der Waals surface area (Å²) < 4.78 is 20.9. The van der Waals surface area contributed by atoms with Crippen LogP contribution in [0.5, 0.6) is 5.88 Å². The molecule has 0 radical (unpaired) electrons. The summed E-state index contributed by atoms with van der Waals surface area (Å²) in [7, 11) is 0. The summed E-state index contributed by atoms with van der Waals surface area (Å²) >= 11 is 3.39. The normalized spacial score (nSPS) is 11.7. The molecule has 1 amide bonds. The third-order valence-electron chi connectivity index (χ3n) is 4.23. The number of amides is 1. The molecule has 0 aliphatic rings. The Morgan fingerprint density at radius 3 is 2.76 bits per heavy atom. The van der Waals surface area contributed by atoms with Crippen molar-refractivity contribution in [3.05, 3.63) is 70.5 Å². The maximum Gasteiger partial charge on any atom is 0.254 e. The standard InChI is InChI=1S/C21H20BrFN4O2/c1-3-17(18-10-14(22)7-8-25-18)27-21(28)15-6-5-13(9-16(15)23)19-11-24-12-20(26-19)29-4-2/h5-12,17H,3-4H2,1-2H3,(H,27,28)/t17-/m1/s1. The fourth-order valence-corrected chi connectivity index (χ4v) is 3.15. The second kappa shape index (κ2) is 9.56. The maximum atomic E-state index is 14.7. The lowest BCUT2D eigenvalue weighted by Crippen LogP contribution is -2.29. The minimum Gasteiger partial charge on any atom is -0.477 e. The van der Waals surface area contributed by atoms with Crippen LogP contribution in [0.4, 0.5) is 4.39 Å². The molecule has 3 aromatic rings. The Labute approximate surface area is 176 Å². The van der Waals surface area contributed by atoms with E-state index in [0.717, 1.165) is 4.47 Å². The molecule has 150 valence electrons. The number of halogens is 2. The zero-order valence-electron chi connectivity index (χ0n) is 16.0. The third-order valence-corrected chi connectivity index (χ3v) is 4.72. The van der Waals surface area contributed by atoms with Gasteiger partial charge in [0.2, 0.25) is 5.88 Å². The van der Waals surface area contributed by atoms with Crippen LogP contribution >= 0.6 is 15.9 Å². The first-order chi connectivity index (χ1) is 14.0. The van der Waals surface area contributed by atoms with Gasteiger partial charge in [-0.25, -0.2) is 9.37 Å². The van der Waals surface area contributed by atoms with E-state index in [1.807, 2.05) is 19.9 Å². The lowest BCUT2D eigenvalue weighted by atomic mass is 10.1. The van der Waals surface area contributed by atoms with Gasteiger partial charge in [-0.2, -0.15) is 0 Å². The molecule has 0 spiro atoms. The number of benzene rings is 1. The van der Waals surface area contributed by atoms with Crippen molar-refractivity contribution in [2.24, 2.45) is 0 Å². The highest BCUT2D eigenvalue weighted by Gasteiger charge is 2.19. The van der Waals surface area contributed by atoms with E-state index in [9.17, 15) is 9.18 Å². The fourth-order valence-electron chi connectivity index (χ4n) is 2.80. The number of nitrogens with one attached hydrogen (secondary N) is 1. The van der Waals surface area contributed by atoms with Crippen molar-refractivity contribution in [1.29, 1.82) is 0 Å². The van der Waals surface area contributed by atoms with Gasteiger partial charge in [-0.05, 0) is 37.6 Å². The van der Waals surface area contributed by atoms with Gasteiger partial charge < -0.3 is 10.1 Å². The van der Waals surface area contributed by atoms with E-state index in [-0.39, 0.29) is 11.6 Å². The zero-order chi connectivity index (χ0) is 20.8. The van der Waals surface area contributed by atoms with E-state index >= 15 is 0 Å². The molecule has 0 fully saturated rings. The van der Waals surface area contributed by atoms with E-state index in [2.05, 4.69) is 36.2 Å². The Kier molecular flexibility index (Phi) is 6.87. The van der Waals surface area contributed by atoms with Gasteiger partial charge in [0.1, 0.15) is 5.82 Å². The van der Waals surface area contributed by atoms with Gasteiger partial charge in [0, 0.05) is 16.2 Å². The summed E-state index contributed by atoms with van der Waals surface area (Å²) in [6.45, 7) is 4.22. The molecule has 3 rings (SSSR count). The second-order valence-corrected chi connectivity index (χ2v) is 7.12. The summed E-state index contributed by atoms with van der Waals surface area (Å²) in [6, 6.07) is 7.66. The smallest absolute Gasteiger partial charge is 0.254 e. The predicted molar refractivity (Wildman–Crippen MR) is 111 cm³/mol. The van der Waals surface area contributed by atoms with E-state index < -0.39 is 11.7 Å². The number of ether oxygens (including phenoxy) is 1. The van der Waals surface area contributed by atoms with Crippen LogP contribution in [0.2, 0.25) is 0 Å². The van der Waals surface area contributed by atoms with E-state index in [0.29, 0.717) is 35.9 Å². The van der Waals surface area contributed by atoms with Crippen LogP contribution in [0.1, 0.15) is 42.4 Å². The van der Waals surface area contributed by atoms with Crippen LogP contribution in [0.25, 0.3) is 11.3 Å². The van der Waals surface area contributed by atoms with Gasteiger partial charge in [0.05, 0.1) is 42.0 Å². The monoisotopic (exact) mass is 458 g/mol. The summed E-state index contributed by atoms with van der Waals surface area (Å²) in [6.07, 6.45) is 5.28. The molecule has 1 atom stereocenters. The van der Waals surface area contributed by atoms with Crippen molar-refractivity contribution >= 4 is 21.8 Å². The molecule has 0 unspecified atom stereocenters. The van der Waals surface area contributed by atoms with Gasteiger partial charge in [-0.3, -0.25) is 14.8 Å². The highest BCUT2D eigenvalue weighted by molar-refractivity contribution is 9.10. The number of aromatic nitrogens is 3. The van der Waals surface area contributed by atoms with Crippen molar-refractivity contribution in [2.45, 2.75) is 26.3 Å². The Morgan fingerprint density at radius 2 is 2.07 bits per heavy atom. The van der Waals surface area contributed by atoms with Crippen molar-refractivity contribution in [3.63, 3.8) is 0 Å². The molecule has 0 aliphatic heterocycles. The van der Waals surface area contributed by atoms with Crippen LogP contribution < -0.4 is 10.1 Å². The van der Waals surface area contributed by atoms with Crippen molar-refractivity contribution < 1.29 is 13.9 Å². The molecule has 29 heavy (non-hydrogen) atoms. The first-order valence-electron chi connectivity index (χ1n) is 9.18. The lowest BCUT2D eigenvalue weighted by Gasteiger charge is -2.17. The molecule has 8 heteroatoms. The van der Waals surface area contributed by atoms with Crippen LogP contribution in [0.15, 0.2) is 53.4 Å². The highest BCUT2D eigenvalue weighted by atomic mass is 79.9. The number of carbonyl (C=O) groups excluding carboxylic acids is 1. The Balaban J connectivity index is 1.80. The molecule has 0 saturated carbocycles. The molecule has 1 aromatic carbocycles. The number of hydrogen-bond acceptors (Lipinski definition) is 5. The van der Waals surface area contributed by atoms with Crippen LogP contribution in [0.3, 0.4) is 0 Å². The fraction of sp³-hybridized carbons (Fsp3) is 0.238. The zero-order valence-corrected chi connectivity index (χ0v) is 17.6. The SMILES string of the molecule is CCOc1cncc(-c2ccc(C(=O)N[C@H](CC)c3cc(Br)ccn3)c(F)c2)n1. The molecule has 0 saturated heterocycles. The predicted octanol–water partition coefficient (Wildman–Crippen LogP) is 4.72. The van der Waals surface area contributed by atoms with Crippen LogP contribution in [-0.2, 0) is 0 Å². The number of nitrogens with zero attached hydrogens (tertiary/aromatic N) is 3. The van der Waals surface area contributed by atoms with E-state index in [1.54, 1.807) is 18.3 Å². The number of hydrogen-bond donors (Lipinski definition) is 1. The first kappa shape index (κ1) is 20.9. The van der Waals surface area contributed by atoms with Gasteiger partial charge in [0.25, 0.3) is 5.91 Å². The lowest BCUT2D eigenvalue weighted by molar-refractivity contribution is 0.0930. The molecule has 1 N–H and O–H groups in total. The van der Waals surface area contributed by atoms with Crippen LogP contribution in [-0.4, -0.2) is 27.5 Å². The summed E-state index contributed by atoms with van der Waals surface area (Å²) in [5.41, 5.74) is 1.63. The molecule has 0 aliphatic carbocycles. The maximum absolute atomic E-state index is 14.7. The third kappa shape index (κ3) is 5.14. The van der Waals surface area contributed by atoms with E-state index in [4.69, 9.17) is 4.74 Å². The second-order valence-electron chi connectivity index (χ2n) is 6.20. The van der Waals surface area contributed by atoms with E-state index in [1.165, 1.54) is 24.5 Å². The number of pyridine rings is 1. The molecular formula is C21H20BrFN4O2. The van der Waals surface area contributed by atoms with Crippen molar-refractivity contribution in [1.82, 2.24) is 20.3 Å². The molecule has 2 heterocycles. The quantitative estimate of drug-likeness (QED) is 0.554. The average molecular weight is 459 g/mol. The minimum atomic E-state index is -0.638. The largest absolute Gasteiger partial charge is 0.477 e. The van der Waals surface area contributed by atoms with Gasteiger partial charge in [-0.1, -0.05) is 28.9 Å². The van der Waals surface area contributed by atoms with Gasteiger partial charge >= 0.3 is 0 Å². The summed E-state index contributed by atoms with van der Waals surface area (Å²) in [5, 5.41) is 2.84. The highest BCUT2D eigenvalue weighted by Crippen LogP contribution is 2.23. The van der Waals surface area contributed by atoms with Crippen molar-refractivity contribution in [2.75, 3.05) is 6.61 Å². The first-order valence-corrected chi connectivity index (χ1v) is 9.98. The number of rotatable bonds is 7. The van der Waals surface area contributed by atoms with Crippen molar-refractivity contribution in [3.8, 4) is 17.1 Å². The Bertz CT molecular complexity index is 1020. The van der Waals surface area contributed by atoms with Crippen LogP contribution in [0, 0.1) is 5.82 Å². The molecule has 0 bridgehead atoms. The summed E-state index contributed by atoms with van der Waals surface area (Å²) in [5.74, 6) is -0.781. The van der Waals surface area contributed by atoms with Gasteiger partial charge in [0.15, 0.2) is 0 Å². The van der Waals surface area contributed by atoms with Gasteiger partial charge in [-0.15, -0.1) is 0 Å². The summed E-state index contributed by atoms with van der Waals surface area (Å²) in [4.78, 5) is 25.3. The number of carbonyl (C=O) groups is 1. The minimum absolute atomic E-state index is 0.0453. The Morgan fingerprint density at radius 1 is 1.24 bits per heavy atom. The molecular weight excluding hydrogens is 439 g/mol.